The first-order valence-electron chi connectivity index (χ1n) is 9.30. The van der Waals surface area contributed by atoms with Gasteiger partial charge in [-0.05, 0) is 44.4 Å². The van der Waals surface area contributed by atoms with Crippen molar-refractivity contribution in [1.29, 1.82) is 0 Å². The Bertz CT molecular complexity index is 711. The molecule has 0 radical (unpaired) electrons. The molecule has 1 aliphatic rings. The van der Waals surface area contributed by atoms with E-state index in [1.165, 1.54) is 16.8 Å². The molecule has 1 amide bonds. The number of hydrogen-bond donors (Lipinski definition) is 0. The van der Waals surface area contributed by atoms with E-state index in [0.29, 0.717) is 6.04 Å². The normalized spacial score (nSPS) is 16.2. The zero-order valence-electron chi connectivity index (χ0n) is 15.5. The predicted octanol–water partition coefficient (Wildman–Crippen LogP) is 3.92. The average molecular weight is 336 g/mol. The summed E-state index contributed by atoms with van der Waals surface area (Å²) in [4.78, 5) is 17.6. The molecule has 3 heteroatoms. The number of carbonyl (C=O) groups is 1. The van der Waals surface area contributed by atoms with Gasteiger partial charge in [-0.1, -0.05) is 48.5 Å². The van der Waals surface area contributed by atoms with Crippen LogP contribution in [0.25, 0.3) is 0 Å². The van der Waals surface area contributed by atoms with Gasteiger partial charge in [-0.15, -0.1) is 0 Å². The van der Waals surface area contributed by atoms with Crippen molar-refractivity contribution in [3.05, 3.63) is 65.7 Å². The first-order valence-corrected chi connectivity index (χ1v) is 9.30. The molecule has 2 aromatic rings. The van der Waals surface area contributed by atoms with Crippen LogP contribution in [0.3, 0.4) is 0 Å². The van der Waals surface area contributed by atoms with E-state index in [-0.39, 0.29) is 11.9 Å². The SMILES string of the molecule is CCN(CCc1ccccc1)C(=O)[C@H]1Cc2ccccc2N1C(C)C. The van der Waals surface area contributed by atoms with E-state index < -0.39 is 0 Å². The number of carbonyl (C=O) groups excluding carboxylic acids is 1. The molecule has 0 aliphatic carbocycles. The average Bonchev–Trinajstić information content (AvgIpc) is 3.02. The molecule has 0 aromatic heterocycles. The van der Waals surface area contributed by atoms with Crippen molar-refractivity contribution in [1.82, 2.24) is 4.90 Å². The summed E-state index contributed by atoms with van der Waals surface area (Å²) in [7, 11) is 0. The van der Waals surface area contributed by atoms with Crippen LogP contribution in [-0.2, 0) is 17.6 Å². The lowest BCUT2D eigenvalue weighted by Crippen LogP contribution is -2.50. The summed E-state index contributed by atoms with van der Waals surface area (Å²) in [5, 5.41) is 0. The first-order chi connectivity index (χ1) is 12.1. The lowest BCUT2D eigenvalue weighted by atomic mass is 10.1. The number of anilines is 1. The summed E-state index contributed by atoms with van der Waals surface area (Å²) in [5.41, 5.74) is 3.78. The van der Waals surface area contributed by atoms with Crippen LogP contribution in [0.1, 0.15) is 31.9 Å². The molecule has 1 heterocycles. The molecule has 3 rings (SSSR count). The lowest BCUT2D eigenvalue weighted by Gasteiger charge is -2.34. The van der Waals surface area contributed by atoms with Gasteiger partial charge in [0.05, 0.1) is 0 Å². The maximum atomic E-state index is 13.3. The number of benzene rings is 2. The number of para-hydroxylation sites is 1. The van der Waals surface area contributed by atoms with Crippen LogP contribution in [-0.4, -0.2) is 36.0 Å². The maximum Gasteiger partial charge on any atom is 0.245 e. The summed E-state index contributed by atoms with van der Waals surface area (Å²) in [6.07, 6.45) is 1.72. The Labute approximate surface area is 151 Å². The number of amides is 1. The highest BCUT2D eigenvalue weighted by Crippen LogP contribution is 2.34. The molecule has 0 fully saturated rings. The number of likely N-dealkylation sites (N-methyl/N-ethyl adjacent to an activating group) is 1. The molecular weight excluding hydrogens is 308 g/mol. The van der Waals surface area contributed by atoms with E-state index in [0.717, 1.165) is 25.9 Å². The third kappa shape index (κ3) is 3.71. The molecule has 3 nitrogen and oxygen atoms in total. The van der Waals surface area contributed by atoms with Gasteiger partial charge in [0.1, 0.15) is 6.04 Å². The summed E-state index contributed by atoms with van der Waals surface area (Å²) < 4.78 is 0. The molecule has 25 heavy (non-hydrogen) atoms. The summed E-state index contributed by atoms with van der Waals surface area (Å²) in [6, 6.07) is 19.1. The van der Waals surface area contributed by atoms with Gasteiger partial charge in [-0.2, -0.15) is 0 Å². The minimum atomic E-state index is -0.0758. The third-order valence-electron chi connectivity index (χ3n) is 5.07. The van der Waals surface area contributed by atoms with Crippen molar-refractivity contribution < 1.29 is 4.79 Å². The largest absolute Gasteiger partial charge is 0.357 e. The van der Waals surface area contributed by atoms with Crippen molar-refractivity contribution in [2.24, 2.45) is 0 Å². The number of nitrogens with zero attached hydrogens (tertiary/aromatic N) is 2. The van der Waals surface area contributed by atoms with E-state index in [1.807, 2.05) is 11.0 Å². The van der Waals surface area contributed by atoms with E-state index in [2.05, 4.69) is 74.2 Å². The second-order valence-electron chi connectivity index (χ2n) is 7.00. The topological polar surface area (TPSA) is 23.6 Å². The molecule has 0 N–H and O–H groups in total. The highest BCUT2D eigenvalue weighted by molar-refractivity contribution is 5.88. The van der Waals surface area contributed by atoms with Crippen LogP contribution in [0.5, 0.6) is 0 Å². The van der Waals surface area contributed by atoms with Crippen molar-refractivity contribution in [2.75, 3.05) is 18.0 Å². The molecule has 0 bridgehead atoms. The number of fused-ring (bicyclic) bond motifs is 1. The number of hydrogen-bond acceptors (Lipinski definition) is 2. The van der Waals surface area contributed by atoms with Gasteiger partial charge in [-0.25, -0.2) is 0 Å². The fourth-order valence-corrected chi connectivity index (χ4v) is 3.80. The second-order valence-corrected chi connectivity index (χ2v) is 7.00. The van der Waals surface area contributed by atoms with Gasteiger partial charge in [-0.3, -0.25) is 4.79 Å². The Morgan fingerprint density at radius 2 is 1.80 bits per heavy atom. The summed E-state index contributed by atoms with van der Waals surface area (Å²) in [5.74, 6) is 0.253. The Hall–Kier alpha value is -2.29. The third-order valence-corrected chi connectivity index (χ3v) is 5.07. The van der Waals surface area contributed by atoms with Crippen molar-refractivity contribution in [3.8, 4) is 0 Å². The van der Waals surface area contributed by atoms with Gasteiger partial charge in [0.15, 0.2) is 0 Å². The van der Waals surface area contributed by atoms with Gasteiger partial charge >= 0.3 is 0 Å². The molecular formula is C22H28N2O. The van der Waals surface area contributed by atoms with Crippen LogP contribution >= 0.6 is 0 Å². The fourth-order valence-electron chi connectivity index (χ4n) is 3.80. The van der Waals surface area contributed by atoms with Gasteiger partial charge in [0.2, 0.25) is 5.91 Å². The van der Waals surface area contributed by atoms with Gasteiger partial charge in [0.25, 0.3) is 0 Å². The highest BCUT2D eigenvalue weighted by Gasteiger charge is 2.37. The van der Waals surface area contributed by atoms with E-state index in [9.17, 15) is 4.79 Å². The maximum absolute atomic E-state index is 13.3. The molecule has 2 aromatic carbocycles. The van der Waals surface area contributed by atoms with E-state index >= 15 is 0 Å². The second kappa shape index (κ2) is 7.73. The highest BCUT2D eigenvalue weighted by atomic mass is 16.2. The monoisotopic (exact) mass is 336 g/mol. The van der Waals surface area contributed by atoms with Crippen LogP contribution in [0.4, 0.5) is 5.69 Å². The fraction of sp³-hybridized carbons (Fsp3) is 0.409. The zero-order valence-corrected chi connectivity index (χ0v) is 15.5. The molecule has 132 valence electrons. The minimum absolute atomic E-state index is 0.0758. The van der Waals surface area contributed by atoms with Gasteiger partial charge in [0, 0.05) is 31.2 Å². The molecule has 0 saturated carbocycles. The van der Waals surface area contributed by atoms with Crippen LogP contribution < -0.4 is 4.90 Å². The first kappa shape index (κ1) is 17.5. The summed E-state index contributed by atoms with van der Waals surface area (Å²) in [6.45, 7) is 7.94. The molecule has 0 spiro atoms. The molecule has 0 unspecified atom stereocenters. The Balaban J connectivity index is 1.74. The van der Waals surface area contributed by atoms with E-state index in [4.69, 9.17) is 0 Å². The molecule has 1 atom stereocenters. The van der Waals surface area contributed by atoms with Crippen LogP contribution in [0.15, 0.2) is 54.6 Å². The van der Waals surface area contributed by atoms with E-state index in [1.54, 1.807) is 0 Å². The van der Waals surface area contributed by atoms with Crippen molar-refractivity contribution >= 4 is 11.6 Å². The smallest absolute Gasteiger partial charge is 0.245 e. The Morgan fingerprint density at radius 1 is 1.12 bits per heavy atom. The van der Waals surface area contributed by atoms with Crippen LogP contribution in [0, 0.1) is 0 Å². The molecule has 1 aliphatic heterocycles. The van der Waals surface area contributed by atoms with Crippen molar-refractivity contribution in [3.63, 3.8) is 0 Å². The quantitative estimate of drug-likeness (QED) is 0.798. The standard InChI is InChI=1S/C22H28N2O/c1-4-23(15-14-18-10-6-5-7-11-18)22(25)21-16-19-12-8-9-13-20(19)24(21)17(2)3/h5-13,17,21H,4,14-16H2,1-3H3/t21-/m1/s1. The Morgan fingerprint density at radius 3 is 2.48 bits per heavy atom. The predicted molar refractivity (Wildman–Crippen MR) is 104 cm³/mol. The Kier molecular flexibility index (Phi) is 5.42. The van der Waals surface area contributed by atoms with Crippen molar-refractivity contribution in [2.45, 2.75) is 45.7 Å². The minimum Gasteiger partial charge on any atom is -0.357 e. The summed E-state index contributed by atoms with van der Waals surface area (Å²) >= 11 is 0. The number of rotatable bonds is 6. The molecule has 0 saturated heterocycles. The van der Waals surface area contributed by atoms with Crippen LogP contribution in [0.2, 0.25) is 0 Å². The lowest BCUT2D eigenvalue weighted by molar-refractivity contribution is -0.132. The van der Waals surface area contributed by atoms with Gasteiger partial charge < -0.3 is 9.80 Å². The zero-order chi connectivity index (χ0) is 17.8.